The molecular weight excluding hydrogens is 220 g/mol. The molecule has 0 amide bonds. The molecule has 15 heavy (non-hydrogen) atoms. The van der Waals surface area contributed by atoms with Crippen LogP contribution in [0.1, 0.15) is 0 Å². The minimum absolute atomic E-state index is 0.281. The maximum Gasteiger partial charge on any atom is 0.439 e. The number of aromatic nitrogens is 2. The zero-order valence-corrected chi connectivity index (χ0v) is 8.54. The molecule has 78 valence electrons. The third-order valence-corrected chi connectivity index (χ3v) is 2.20. The zero-order chi connectivity index (χ0) is 10.8. The van der Waals surface area contributed by atoms with E-state index in [0.29, 0.717) is 16.3 Å². The van der Waals surface area contributed by atoms with Gasteiger partial charge >= 0.3 is 5.76 Å². The quantitative estimate of drug-likeness (QED) is 0.846. The third kappa shape index (κ3) is 1.87. The Bertz CT molecular complexity index is 532. The molecule has 0 fully saturated rings. The lowest BCUT2D eigenvalue weighted by molar-refractivity contribution is 0.388. The van der Waals surface area contributed by atoms with E-state index in [2.05, 4.69) is 14.7 Å². The highest BCUT2D eigenvalue weighted by atomic mass is 35.5. The van der Waals surface area contributed by atoms with E-state index < -0.39 is 5.76 Å². The van der Waals surface area contributed by atoms with Gasteiger partial charge in [-0.15, -0.1) is 0 Å². The first-order valence-electron chi connectivity index (χ1n) is 4.10. The first-order chi connectivity index (χ1) is 7.20. The Kier molecular flexibility index (Phi) is 2.47. The fourth-order valence-electron chi connectivity index (χ4n) is 1.16. The van der Waals surface area contributed by atoms with Crippen LogP contribution < -0.4 is 10.5 Å². The molecule has 0 aliphatic heterocycles. The number of hydrogen-bond acceptors (Lipinski definition) is 4. The molecule has 5 nitrogen and oxygen atoms in total. The van der Waals surface area contributed by atoms with Crippen molar-refractivity contribution < 1.29 is 9.26 Å². The largest absolute Gasteiger partial charge is 0.497 e. The van der Waals surface area contributed by atoms with Gasteiger partial charge in [-0.1, -0.05) is 16.8 Å². The Labute approximate surface area is 89.6 Å². The summed E-state index contributed by atoms with van der Waals surface area (Å²) in [5.41, 5.74) is 0.557. The monoisotopic (exact) mass is 226 g/mol. The highest BCUT2D eigenvalue weighted by Gasteiger charge is 2.09. The molecular formula is C9H7ClN2O3. The predicted molar refractivity (Wildman–Crippen MR) is 54.1 cm³/mol. The fourth-order valence-corrected chi connectivity index (χ4v) is 1.37. The van der Waals surface area contributed by atoms with Crippen molar-refractivity contribution in [2.24, 2.45) is 0 Å². The van der Waals surface area contributed by atoms with Gasteiger partial charge in [-0.2, -0.15) is 0 Å². The smallest absolute Gasteiger partial charge is 0.439 e. The molecule has 0 spiro atoms. The number of H-pyrrole nitrogens is 1. The van der Waals surface area contributed by atoms with Gasteiger partial charge in [0.1, 0.15) is 5.75 Å². The Hall–Kier alpha value is -1.75. The minimum atomic E-state index is -0.621. The number of aromatic amines is 1. The van der Waals surface area contributed by atoms with Crippen LogP contribution in [0.2, 0.25) is 5.02 Å². The molecule has 1 heterocycles. The van der Waals surface area contributed by atoms with Gasteiger partial charge in [0.2, 0.25) is 0 Å². The van der Waals surface area contributed by atoms with E-state index in [0.717, 1.165) is 0 Å². The normalized spacial score (nSPS) is 10.3. The second-order valence-corrected chi connectivity index (χ2v) is 3.20. The number of methoxy groups -OCH3 is 1. The third-order valence-electron chi connectivity index (χ3n) is 1.87. The van der Waals surface area contributed by atoms with Gasteiger partial charge in [0, 0.05) is 5.56 Å². The molecule has 1 aromatic heterocycles. The number of rotatable bonds is 2. The summed E-state index contributed by atoms with van der Waals surface area (Å²) in [6, 6.07) is 5.03. The molecule has 0 unspecified atom stereocenters. The van der Waals surface area contributed by atoms with Gasteiger partial charge in [-0.05, 0) is 18.2 Å². The highest BCUT2D eigenvalue weighted by molar-refractivity contribution is 6.33. The standard InChI is InChI=1S/C9H7ClN2O3/c1-14-5-2-3-7(10)6(4-5)8-11-9(13)15-12-8/h2-4H,1H3,(H,11,12,13). The number of nitrogens with zero attached hydrogens (tertiary/aromatic N) is 1. The predicted octanol–water partition coefficient (Wildman–Crippen LogP) is 1.69. The van der Waals surface area contributed by atoms with Crippen molar-refractivity contribution in [1.82, 2.24) is 10.1 Å². The van der Waals surface area contributed by atoms with E-state index >= 15 is 0 Å². The molecule has 2 aromatic rings. The van der Waals surface area contributed by atoms with Gasteiger partial charge in [-0.3, -0.25) is 9.51 Å². The van der Waals surface area contributed by atoms with E-state index in [9.17, 15) is 4.79 Å². The van der Waals surface area contributed by atoms with E-state index in [1.165, 1.54) is 0 Å². The number of hydrogen-bond donors (Lipinski definition) is 1. The SMILES string of the molecule is COc1ccc(Cl)c(-c2noc(=O)[nH]2)c1. The summed E-state index contributed by atoms with van der Waals surface area (Å²) in [6.45, 7) is 0. The zero-order valence-electron chi connectivity index (χ0n) is 7.78. The topological polar surface area (TPSA) is 68.1 Å². The van der Waals surface area contributed by atoms with E-state index in [-0.39, 0.29) is 5.82 Å². The van der Waals surface area contributed by atoms with Crippen LogP contribution in [0, 0.1) is 0 Å². The highest BCUT2D eigenvalue weighted by Crippen LogP contribution is 2.28. The molecule has 0 saturated carbocycles. The Morgan fingerprint density at radius 3 is 2.93 bits per heavy atom. The summed E-state index contributed by atoms with van der Waals surface area (Å²) in [5, 5.41) is 4.00. The fraction of sp³-hybridized carbons (Fsp3) is 0.111. The molecule has 2 rings (SSSR count). The van der Waals surface area contributed by atoms with Gasteiger partial charge in [-0.25, -0.2) is 4.79 Å². The van der Waals surface area contributed by atoms with Crippen LogP contribution in [0.4, 0.5) is 0 Å². The lowest BCUT2D eigenvalue weighted by atomic mass is 10.2. The molecule has 1 aromatic carbocycles. The molecule has 0 atom stereocenters. The van der Waals surface area contributed by atoms with Crippen LogP contribution in [-0.4, -0.2) is 17.3 Å². The van der Waals surface area contributed by atoms with Gasteiger partial charge in [0.05, 0.1) is 12.1 Å². The lowest BCUT2D eigenvalue weighted by Crippen LogP contribution is -1.95. The van der Waals surface area contributed by atoms with Crippen molar-refractivity contribution in [2.45, 2.75) is 0 Å². The number of halogens is 1. The van der Waals surface area contributed by atoms with Crippen LogP contribution in [0.15, 0.2) is 27.5 Å². The van der Waals surface area contributed by atoms with Crippen molar-refractivity contribution in [3.8, 4) is 17.1 Å². The van der Waals surface area contributed by atoms with Gasteiger partial charge in [0.15, 0.2) is 5.82 Å². The second kappa shape index (κ2) is 3.78. The van der Waals surface area contributed by atoms with Crippen LogP contribution in [-0.2, 0) is 0 Å². The molecule has 1 N–H and O–H groups in total. The lowest BCUT2D eigenvalue weighted by Gasteiger charge is -2.03. The van der Waals surface area contributed by atoms with E-state index in [1.807, 2.05) is 0 Å². The molecule has 6 heteroatoms. The first-order valence-corrected chi connectivity index (χ1v) is 4.48. The average molecular weight is 227 g/mol. The van der Waals surface area contributed by atoms with Crippen molar-refractivity contribution in [1.29, 1.82) is 0 Å². The van der Waals surface area contributed by atoms with Gasteiger partial charge in [0.25, 0.3) is 0 Å². The molecule has 0 aliphatic carbocycles. The van der Waals surface area contributed by atoms with Crippen LogP contribution in [0.5, 0.6) is 5.75 Å². The van der Waals surface area contributed by atoms with Crippen molar-refractivity contribution >= 4 is 11.6 Å². The Balaban J connectivity index is 2.56. The summed E-state index contributed by atoms with van der Waals surface area (Å²) in [6.07, 6.45) is 0. The Morgan fingerprint density at radius 2 is 2.33 bits per heavy atom. The minimum Gasteiger partial charge on any atom is -0.497 e. The summed E-state index contributed by atoms with van der Waals surface area (Å²) in [4.78, 5) is 13.2. The maximum atomic E-state index is 10.8. The summed E-state index contributed by atoms with van der Waals surface area (Å²) < 4.78 is 9.42. The summed E-state index contributed by atoms with van der Waals surface area (Å²) >= 11 is 5.94. The number of ether oxygens (including phenoxy) is 1. The molecule has 0 saturated heterocycles. The van der Waals surface area contributed by atoms with E-state index in [1.54, 1.807) is 25.3 Å². The maximum absolute atomic E-state index is 10.8. The van der Waals surface area contributed by atoms with Crippen molar-refractivity contribution in [3.05, 3.63) is 33.8 Å². The Morgan fingerprint density at radius 1 is 1.53 bits per heavy atom. The number of nitrogens with one attached hydrogen (secondary N) is 1. The van der Waals surface area contributed by atoms with Crippen LogP contribution >= 0.6 is 11.6 Å². The van der Waals surface area contributed by atoms with Crippen LogP contribution in [0.25, 0.3) is 11.4 Å². The van der Waals surface area contributed by atoms with Gasteiger partial charge < -0.3 is 4.74 Å². The summed E-state index contributed by atoms with van der Waals surface area (Å²) in [7, 11) is 1.54. The molecule has 0 bridgehead atoms. The average Bonchev–Trinajstić information content (AvgIpc) is 2.65. The van der Waals surface area contributed by atoms with Crippen LogP contribution in [0.3, 0.4) is 0 Å². The molecule has 0 aliphatic rings. The van der Waals surface area contributed by atoms with Crippen molar-refractivity contribution in [2.75, 3.05) is 7.11 Å². The molecule has 0 radical (unpaired) electrons. The van der Waals surface area contributed by atoms with Crippen molar-refractivity contribution in [3.63, 3.8) is 0 Å². The van der Waals surface area contributed by atoms with E-state index in [4.69, 9.17) is 16.3 Å². The first kappa shape index (κ1) is 9.79. The number of benzene rings is 1. The second-order valence-electron chi connectivity index (χ2n) is 2.79. The summed E-state index contributed by atoms with van der Waals surface area (Å²) in [5.74, 6) is 0.283.